The highest BCUT2D eigenvalue weighted by molar-refractivity contribution is 5.89. The molecule has 0 saturated heterocycles. The molecule has 9 nitrogen and oxygen atoms in total. The molecule has 41 heavy (non-hydrogen) atoms. The third kappa shape index (κ3) is 8.39. The van der Waals surface area contributed by atoms with Crippen LogP contribution in [0.25, 0.3) is 0 Å². The summed E-state index contributed by atoms with van der Waals surface area (Å²) in [4.78, 5) is 50.7. The molecule has 0 heterocycles. The molecule has 0 aliphatic carbocycles. The van der Waals surface area contributed by atoms with E-state index in [1.807, 2.05) is 13.8 Å². The number of hydrogen-bond acceptors (Lipinski definition) is 8. The summed E-state index contributed by atoms with van der Waals surface area (Å²) in [6, 6.07) is 11.6. The smallest absolute Gasteiger partial charge is 0.338 e. The van der Waals surface area contributed by atoms with Crippen LogP contribution in [0.4, 0.5) is 0 Å². The summed E-state index contributed by atoms with van der Waals surface area (Å²) in [6.45, 7) is 14.1. The van der Waals surface area contributed by atoms with Gasteiger partial charge in [0.1, 0.15) is 12.1 Å². The highest BCUT2D eigenvalue weighted by Gasteiger charge is 2.37. The Bertz CT molecular complexity index is 1240. The third-order valence-electron chi connectivity index (χ3n) is 7.91. The first-order valence-electron chi connectivity index (χ1n) is 13.9. The molecule has 0 aliphatic heterocycles. The van der Waals surface area contributed by atoms with Gasteiger partial charge in [0.05, 0.1) is 16.4 Å². The number of hydrogen-bond donors (Lipinski definition) is 2. The van der Waals surface area contributed by atoms with Gasteiger partial charge in [-0.05, 0) is 77.3 Å². The standard InChI is InChI=1S/C32H43NO8/c1-9-31(5,6)29(37)40-23-17-16-22(18-24(23)41-30(38)32(7,8)10-2)25(26(33)27(34)35)19(3)20(4)39-28(36)21-14-12-11-13-15-21/h11-20,25-26H,9-10,33H2,1-8H3,(H,34,35)/t19?,20?,25?,26-/m0/s1. The van der Waals surface area contributed by atoms with Crippen LogP contribution in [0.5, 0.6) is 11.5 Å². The molecule has 224 valence electrons. The number of benzene rings is 2. The Morgan fingerprint density at radius 2 is 1.34 bits per heavy atom. The average Bonchev–Trinajstić information content (AvgIpc) is 2.94. The van der Waals surface area contributed by atoms with Crippen LogP contribution < -0.4 is 15.2 Å². The Balaban J connectivity index is 2.54. The number of esters is 3. The molecule has 4 atom stereocenters. The van der Waals surface area contributed by atoms with Crippen molar-refractivity contribution >= 4 is 23.9 Å². The summed E-state index contributed by atoms with van der Waals surface area (Å²) in [7, 11) is 0. The van der Waals surface area contributed by atoms with Gasteiger partial charge < -0.3 is 25.1 Å². The fourth-order valence-corrected chi connectivity index (χ4v) is 3.86. The third-order valence-corrected chi connectivity index (χ3v) is 7.91. The van der Waals surface area contributed by atoms with Crippen LogP contribution in [0.1, 0.15) is 90.1 Å². The van der Waals surface area contributed by atoms with Crippen molar-refractivity contribution in [1.29, 1.82) is 0 Å². The molecule has 0 spiro atoms. The molecule has 2 aromatic rings. The molecule has 0 bridgehead atoms. The minimum Gasteiger partial charge on any atom is -0.480 e. The largest absolute Gasteiger partial charge is 0.480 e. The molecule has 2 aromatic carbocycles. The van der Waals surface area contributed by atoms with E-state index < -0.39 is 58.7 Å². The molecule has 2 rings (SSSR count). The fourth-order valence-electron chi connectivity index (χ4n) is 3.86. The number of nitrogens with two attached hydrogens (primary N) is 1. The molecule has 0 amide bonds. The SMILES string of the molecule is CCC(C)(C)C(=O)Oc1ccc(C(C(C)C(C)OC(=O)c2ccccc2)[C@H](N)C(=O)O)cc1OC(=O)C(C)(C)CC. The van der Waals surface area contributed by atoms with Gasteiger partial charge in [0.25, 0.3) is 0 Å². The van der Waals surface area contributed by atoms with Gasteiger partial charge in [0, 0.05) is 11.8 Å². The Kier molecular flexibility index (Phi) is 11.2. The van der Waals surface area contributed by atoms with Crippen LogP contribution in [0, 0.1) is 16.7 Å². The van der Waals surface area contributed by atoms with Crippen LogP contribution in [-0.4, -0.2) is 41.1 Å². The zero-order chi connectivity index (χ0) is 31.1. The zero-order valence-electron chi connectivity index (χ0n) is 25.2. The molecule has 0 radical (unpaired) electrons. The number of rotatable bonds is 13. The maximum absolute atomic E-state index is 13.0. The Morgan fingerprint density at radius 3 is 1.83 bits per heavy atom. The minimum atomic E-state index is -1.38. The lowest BCUT2D eigenvalue weighted by molar-refractivity contribution is -0.147. The van der Waals surface area contributed by atoms with Gasteiger partial charge in [0.2, 0.25) is 0 Å². The van der Waals surface area contributed by atoms with E-state index in [1.165, 1.54) is 12.1 Å². The highest BCUT2D eigenvalue weighted by Crippen LogP contribution is 2.39. The molecule has 3 unspecified atom stereocenters. The van der Waals surface area contributed by atoms with Crippen molar-refractivity contribution in [3.8, 4) is 11.5 Å². The normalized spacial score (nSPS) is 14.8. The van der Waals surface area contributed by atoms with Crippen molar-refractivity contribution < 1.29 is 38.5 Å². The van der Waals surface area contributed by atoms with E-state index >= 15 is 0 Å². The van der Waals surface area contributed by atoms with E-state index in [-0.39, 0.29) is 11.5 Å². The molecule has 0 saturated carbocycles. The van der Waals surface area contributed by atoms with E-state index in [4.69, 9.17) is 19.9 Å². The van der Waals surface area contributed by atoms with Crippen LogP contribution in [0.2, 0.25) is 0 Å². The average molecular weight is 570 g/mol. The summed E-state index contributed by atoms with van der Waals surface area (Å²) in [5.41, 5.74) is 5.34. The first kappa shape index (κ1) is 33.5. The lowest BCUT2D eigenvalue weighted by atomic mass is 9.79. The van der Waals surface area contributed by atoms with Crippen molar-refractivity contribution in [2.75, 3.05) is 0 Å². The van der Waals surface area contributed by atoms with E-state index in [9.17, 15) is 24.3 Å². The van der Waals surface area contributed by atoms with Crippen molar-refractivity contribution in [2.45, 2.75) is 86.3 Å². The van der Waals surface area contributed by atoms with E-state index in [0.29, 0.717) is 24.0 Å². The second kappa shape index (κ2) is 13.8. The monoisotopic (exact) mass is 569 g/mol. The number of aliphatic carboxylic acids is 1. The quantitative estimate of drug-likeness (QED) is 0.228. The van der Waals surface area contributed by atoms with E-state index in [1.54, 1.807) is 77.9 Å². The predicted molar refractivity (Wildman–Crippen MR) is 155 cm³/mol. The predicted octanol–water partition coefficient (Wildman–Crippen LogP) is 5.75. The maximum atomic E-state index is 13.0. The Hall–Kier alpha value is -3.72. The first-order chi connectivity index (χ1) is 19.0. The summed E-state index contributed by atoms with van der Waals surface area (Å²) in [6.07, 6.45) is 0.289. The molecular formula is C32H43NO8. The highest BCUT2D eigenvalue weighted by atomic mass is 16.6. The zero-order valence-corrected chi connectivity index (χ0v) is 25.2. The van der Waals surface area contributed by atoms with Crippen molar-refractivity contribution in [3.63, 3.8) is 0 Å². The summed E-state index contributed by atoms with van der Waals surface area (Å²) in [5.74, 6) is -4.29. The number of carboxylic acids is 1. The molecular weight excluding hydrogens is 526 g/mol. The minimum absolute atomic E-state index is 0.0272. The fraction of sp³-hybridized carbons (Fsp3) is 0.500. The van der Waals surface area contributed by atoms with Crippen molar-refractivity contribution in [3.05, 3.63) is 59.7 Å². The number of carbonyl (C=O) groups excluding carboxylic acids is 3. The van der Waals surface area contributed by atoms with Gasteiger partial charge in [-0.3, -0.25) is 14.4 Å². The van der Waals surface area contributed by atoms with Crippen LogP contribution >= 0.6 is 0 Å². The second-order valence-electron chi connectivity index (χ2n) is 11.7. The molecule has 0 fully saturated rings. The number of carbonyl (C=O) groups is 4. The van der Waals surface area contributed by atoms with Gasteiger partial charge in [-0.1, -0.05) is 45.0 Å². The lowest BCUT2D eigenvalue weighted by Gasteiger charge is -2.32. The summed E-state index contributed by atoms with van der Waals surface area (Å²) >= 11 is 0. The van der Waals surface area contributed by atoms with Crippen molar-refractivity contribution in [1.82, 2.24) is 0 Å². The van der Waals surface area contributed by atoms with Gasteiger partial charge >= 0.3 is 23.9 Å². The molecule has 0 aromatic heterocycles. The van der Waals surface area contributed by atoms with Crippen molar-refractivity contribution in [2.24, 2.45) is 22.5 Å². The van der Waals surface area contributed by atoms with Crippen LogP contribution in [0.3, 0.4) is 0 Å². The van der Waals surface area contributed by atoms with E-state index in [0.717, 1.165) is 0 Å². The van der Waals surface area contributed by atoms with Gasteiger partial charge in [-0.25, -0.2) is 4.79 Å². The number of carboxylic acid groups (broad SMARTS) is 1. The second-order valence-corrected chi connectivity index (χ2v) is 11.7. The van der Waals surface area contributed by atoms with Gasteiger partial charge in [-0.15, -0.1) is 0 Å². The van der Waals surface area contributed by atoms with Crippen LogP contribution in [0.15, 0.2) is 48.5 Å². The Morgan fingerprint density at radius 1 is 0.829 bits per heavy atom. The lowest BCUT2D eigenvalue weighted by Crippen LogP contribution is -2.42. The molecule has 3 N–H and O–H groups in total. The van der Waals surface area contributed by atoms with Gasteiger partial charge in [-0.2, -0.15) is 0 Å². The molecule has 0 aliphatic rings. The summed E-state index contributed by atoms with van der Waals surface area (Å²) < 4.78 is 17.1. The number of ether oxygens (including phenoxy) is 3. The molecule has 9 heteroatoms. The van der Waals surface area contributed by atoms with Gasteiger partial charge in [0.15, 0.2) is 11.5 Å². The maximum Gasteiger partial charge on any atom is 0.338 e. The Labute approximate surface area is 242 Å². The van der Waals surface area contributed by atoms with Crippen LogP contribution in [-0.2, 0) is 19.1 Å². The topological polar surface area (TPSA) is 142 Å². The first-order valence-corrected chi connectivity index (χ1v) is 13.9. The van der Waals surface area contributed by atoms with E-state index in [2.05, 4.69) is 0 Å². The summed E-state index contributed by atoms with van der Waals surface area (Å²) in [5, 5.41) is 9.86.